The summed E-state index contributed by atoms with van der Waals surface area (Å²) in [6.45, 7) is 2.00. The molecular weight excluding hydrogens is 448 g/mol. The van der Waals surface area contributed by atoms with E-state index >= 15 is 0 Å². The number of para-hydroxylation sites is 1. The van der Waals surface area contributed by atoms with Crippen molar-refractivity contribution < 1.29 is 14.1 Å². The van der Waals surface area contributed by atoms with Gasteiger partial charge in [-0.05, 0) is 55.0 Å². The molecule has 8 heteroatoms. The SMILES string of the molecule is Cc1ccc(NC(=O)C2CCc3ccccc3N2C(=O)CCc2nc(-c3ccsc3)no2)cc1. The molecule has 172 valence electrons. The number of amides is 2. The molecule has 0 aliphatic carbocycles. The van der Waals surface area contributed by atoms with E-state index in [1.165, 1.54) is 0 Å². The second kappa shape index (κ2) is 9.61. The molecule has 7 nitrogen and oxygen atoms in total. The fourth-order valence-electron chi connectivity index (χ4n) is 4.17. The molecule has 0 radical (unpaired) electrons. The number of carbonyl (C=O) groups excluding carboxylic acids is 2. The third kappa shape index (κ3) is 4.63. The van der Waals surface area contributed by atoms with Gasteiger partial charge in [0.25, 0.3) is 0 Å². The van der Waals surface area contributed by atoms with Crippen LogP contribution in [0.3, 0.4) is 0 Å². The van der Waals surface area contributed by atoms with E-state index in [2.05, 4.69) is 15.5 Å². The van der Waals surface area contributed by atoms with Gasteiger partial charge < -0.3 is 9.84 Å². The molecule has 0 saturated carbocycles. The summed E-state index contributed by atoms with van der Waals surface area (Å²) in [5.41, 5.74) is 4.57. The van der Waals surface area contributed by atoms with Crippen molar-refractivity contribution in [3.63, 3.8) is 0 Å². The Labute approximate surface area is 201 Å². The first kappa shape index (κ1) is 22.0. The van der Waals surface area contributed by atoms with Crippen LogP contribution in [0.5, 0.6) is 0 Å². The van der Waals surface area contributed by atoms with E-state index in [0.717, 1.165) is 28.8 Å². The fraction of sp³-hybridized carbons (Fsp3) is 0.231. The molecule has 1 unspecified atom stereocenters. The largest absolute Gasteiger partial charge is 0.339 e. The molecule has 0 fully saturated rings. The number of benzene rings is 2. The first-order valence-electron chi connectivity index (χ1n) is 11.2. The summed E-state index contributed by atoms with van der Waals surface area (Å²) in [5.74, 6) is 0.582. The van der Waals surface area contributed by atoms with Crippen LogP contribution in [0.1, 0.15) is 29.9 Å². The maximum absolute atomic E-state index is 13.4. The molecule has 1 aliphatic heterocycles. The van der Waals surface area contributed by atoms with Crippen LogP contribution in [0, 0.1) is 6.92 Å². The van der Waals surface area contributed by atoms with Gasteiger partial charge in [0.2, 0.25) is 23.5 Å². The van der Waals surface area contributed by atoms with Gasteiger partial charge in [-0.3, -0.25) is 14.5 Å². The summed E-state index contributed by atoms with van der Waals surface area (Å²) in [5, 5.41) is 10.9. The zero-order valence-electron chi connectivity index (χ0n) is 18.7. The fourth-order valence-corrected chi connectivity index (χ4v) is 4.80. The van der Waals surface area contributed by atoms with Crippen molar-refractivity contribution in [1.82, 2.24) is 10.1 Å². The second-order valence-corrected chi connectivity index (χ2v) is 9.11. The average molecular weight is 473 g/mol. The number of rotatable bonds is 6. The van der Waals surface area contributed by atoms with Gasteiger partial charge in [-0.15, -0.1) is 0 Å². The Morgan fingerprint density at radius 1 is 1.15 bits per heavy atom. The van der Waals surface area contributed by atoms with Crippen LogP contribution in [0.25, 0.3) is 11.4 Å². The van der Waals surface area contributed by atoms with E-state index in [-0.39, 0.29) is 18.2 Å². The molecule has 2 aromatic heterocycles. The minimum atomic E-state index is -0.590. The number of aryl methyl sites for hydroxylation is 3. The molecule has 2 amide bonds. The number of nitrogens with one attached hydrogen (secondary N) is 1. The van der Waals surface area contributed by atoms with Crippen LogP contribution in [-0.4, -0.2) is 28.0 Å². The number of hydrogen-bond acceptors (Lipinski definition) is 6. The van der Waals surface area contributed by atoms with Gasteiger partial charge >= 0.3 is 0 Å². The van der Waals surface area contributed by atoms with Crippen molar-refractivity contribution in [1.29, 1.82) is 0 Å². The van der Waals surface area contributed by atoms with E-state index < -0.39 is 6.04 Å². The van der Waals surface area contributed by atoms with Crippen LogP contribution in [0.15, 0.2) is 69.9 Å². The summed E-state index contributed by atoms with van der Waals surface area (Å²) in [7, 11) is 0. The molecule has 4 aromatic rings. The molecule has 1 aliphatic rings. The highest BCUT2D eigenvalue weighted by molar-refractivity contribution is 7.08. The van der Waals surface area contributed by atoms with Gasteiger partial charge in [0.1, 0.15) is 6.04 Å². The zero-order chi connectivity index (χ0) is 23.5. The Balaban J connectivity index is 1.34. The Morgan fingerprint density at radius 3 is 2.76 bits per heavy atom. The number of anilines is 2. The zero-order valence-corrected chi connectivity index (χ0v) is 19.5. The predicted molar refractivity (Wildman–Crippen MR) is 132 cm³/mol. The minimum absolute atomic E-state index is 0.147. The highest BCUT2D eigenvalue weighted by Crippen LogP contribution is 2.32. The van der Waals surface area contributed by atoms with Crippen LogP contribution in [-0.2, 0) is 22.4 Å². The molecule has 5 rings (SSSR count). The van der Waals surface area contributed by atoms with Crippen molar-refractivity contribution in [2.24, 2.45) is 0 Å². The van der Waals surface area contributed by atoms with Crippen molar-refractivity contribution in [3.8, 4) is 11.4 Å². The van der Waals surface area contributed by atoms with Gasteiger partial charge in [0.05, 0.1) is 0 Å². The number of carbonyl (C=O) groups is 2. The summed E-state index contributed by atoms with van der Waals surface area (Å²) in [6, 6.07) is 16.7. The van der Waals surface area contributed by atoms with Crippen LogP contribution in [0.4, 0.5) is 11.4 Å². The highest BCUT2D eigenvalue weighted by Gasteiger charge is 2.35. The Hall–Kier alpha value is -3.78. The van der Waals surface area contributed by atoms with Crippen molar-refractivity contribution in [2.45, 2.75) is 38.6 Å². The summed E-state index contributed by atoms with van der Waals surface area (Å²) in [6.07, 6.45) is 1.76. The van der Waals surface area contributed by atoms with Crippen LogP contribution >= 0.6 is 11.3 Å². The summed E-state index contributed by atoms with van der Waals surface area (Å²) < 4.78 is 5.35. The first-order valence-corrected chi connectivity index (χ1v) is 12.2. The van der Waals surface area contributed by atoms with Gasteiger partial charge in [0.15, 0.2) is 0 Å². The van der Waals surface area contributed by atoms with E-state index in [0.29, 0.717) is 30.2 Å². The number of hydrogen-bond donors (Lipinski definition) is 1. The Bertz CT molecular complexity index is 1300. The second-order valence-electron chi connectivity index (χ2n) is 8.33. The topological polar surface area (TPSA) is 88.3 Å². The lowest BCUT2D eigenvalue weighted by atomic mass is 9.94. The predicted octanol–water partition coefficient (Wildman–Crippen LogP) is 5.03. The van der Waals surface area contributed by atoms with Gasteiger partial charge in [-0.1, -0.05) is 41.1 Å². The third-order valence-corrected chi connectivity index (χ3v) is 6.62. The van der Waals surface area contributed by atoms with Gasteiger partial charge in [-0.25, -0.2) is 0 Å². The number of nitrogens with zero attached hydrogens (tertiary/aromatic N) is 3. The number of fused-ring (bicyclic) bond motifs is 1. The quantitative estimate of drug-likeness (QED) is 0.425. The smallest absolute Gasteiger partial charge is 0.247 e. The van der Waals surface area contributed by atoms with E-state index in [1.54, 1.807) is 16.2 Å². The van der Waals surface area contributed by atoms with Crippen LogP contribution < -0.4 is 10.2 Å². The van der Waals surface area contributed by atoms with Crippen molar-refractivity contribution in [2.75, 3.05) is 10.2 Å². The molecule has 2 aromatic carbocycles. The lowest BCUT2D eigenvalue weighted by Gasteiger charge is -2.36. The average Bonchev–Trinajstić information content (AvgIpc) is 3.55. The monoisotopic (exact) mass is 472 g/mol. The Kier molecular flexibility index (Phi) is 6.22. The summed E-state index contributed by atoms with van der Waals surface area (Å²) >= 11 is 1.56. The lowest BCUT2D eigenvalue weighted by molar-refractivity contribution is -0.124. The van der Waals surface area contributed by atoms with Crippen molar-refractivity contribution >= 4 is 34.5 Å². The molecule has 3 heterocycles. The Morgan fingerprint density at radius 2 is 1.97 bits per heavy atom. The highest BCUT2D eigenvalue weighted by atomic mass is 32.1. The lowest BCUT2D eigenvalue weighted by Crippen LogP contribution is -2.50. The normalized spacial score (nSPS) is 15.1. The number of thiophene rings is 1. The van der Waals surface area contributed by atoms with Gasteiger partial charge in [0, 0.05) is 35.2 Å². The standard InChI is InChI=1S/C26H24N4O3S/c1-17-6-9-20(10-7-17)27-26(32)22-11-8-18-4-2-3-5-21(18)30(22)24(31)13-12-23-28-25(29-33-23)19-14-15-34-16-19/h2-7,9-10,14-16,22H,8,11-13H2,1H3,(H,27,32). The molecule has 0 bridgehead atoms. The van der Waals surface area contributed by atoms with Crippen LogP contribution in [0.2, 0.25) is 0 Å². The maximum atomic E-state index is 13.4. The van der Waals surface area contributed by atoms with Crippen molar-refractivity contribution in [3.05, 3.63) is 82.4 Å². The number of aromatic nitrogens is 2. The molecule has 34 heavy (non-hydrogen) atoms. The molecular formula is C26H24N4O3S. The third-order valence-electron chi connectivity index (χ3n) is 5.94. The summed E-state index contributed by atoms with van der Waals surface area (Å²) in [4.78, 5) is 32.7. The van der Waals surface area contributed by atoms with E-state index in [1.807, 2.05) is 72.3 Å². The van der Waals surface area contributed by atoms with E-state index in [9.17, 15) is 9.59 Å². The maximum Gasteiger partial charge on any atom is 0.247 e. The molecule has 1 atom stereocenters. The molecule has 0 saturated heterocycles. The molecule has 0 spiro atoms. The first-order chi connectivity index (χ1) is 16.6. The molecule has 1 N–H and O–H groups in total. The van der Waals surface area contributed by atoms with Gasteiger partial charge in [-0.2, -0.15) is 16.3 Å². The van der Waals surface area contributed by atoms with E-state index in [4.69, 9.17) is 4.52 Å². The minimum Gasteiger partial charge on any atom is -0.339 e.